The van der Waals surface area contributed by atoms with Crippen LogP contribution in [0.1, 0.15) is 72.0 Å². The summed E-state index contributed by atoms with van der Waals surface area (Å²) in [4.78, 5) is 49.3. The van der Waals surface area contributed by atoms with Crippen molar-refractivity contribution >= 4 is 60.8 Å². The molecular weight excluding hydrogens is 1210 g/mol. The summed E-state index contributed by atoms with van der Waals surface area (Å²) in [5.74, 6) is -3.03. The van der Waals surface area contributed by atoms with Crippen molar-refractivity contribution in [2.24, 2.45) is 11.5 Å². The zero-order valence-electron chi connectivity index (χ0n) is 49.9. The molecule has 91 heavy (non-hydrogen) atoms. The van der Waals surface area contributed by atoms with Crippen LogP contribution in [-0.4, -0.2) is 102 Å². The van der Waals surface area contributed by atoms with Crippen molar-refractivity contribution in [2.45, 2.75) is 108 Å². The molecule has 2 aromatic heterocycles. The number of nitrogens with two attached hydrogens (primary N) is 2. The number of aliphatic hydroxyl groups excluding tert-OH is 2. The number of rotatable bonds is 24. The third-order valence-electron chi connectivity index (χ3n) is 14.9. The summed E-state index contributed by atoms with van der Waals surface area (Å²) in [6.45, 7) is 5.85. The van der Waals surface area contributed by atoms with Crippen LogP contribution in [0.3, 0.4) is 0 Å². The molecule has 0 bridgehead atoms. The maximum Gasteiger partial charge on any atom is 0.459 e. The third-order valence-corrected chi connectivity index (χ3v) is 18.1. The molecule has 6 aromatic carbocycles. The summed E-state index contributed by atoms with van der Waals surface area (Å²) in [7, 11) is -8.63. The van der Waals surface area contributed by atoms with Crippen molar-refractivity contribution in [1.29, 1.82) is 0 Å². The van der Waals surface area contributed by atoms with Gasteiger partial charge >= 0.3 is 27.4 Å². The normalized spacial score (nSPS) is 22.7. The number of carbonyl (C=O) groups is 4. The number of aliphatic hydroxyl groups is 2. The molecule has 24 nitrogen and oxygen atoms in total. The Morgan fingerprint density at radius 3 is 1.44 bits per heavy atom. The van der Waals surface area contributed by atoms with Crippen molar-refractivity contribution in [3.05, 3.63) is 217 Å². The van der Waals surface area contributed by atoms with E-state index in [1.54, 1.807) is 97.5 Å². The molecule has 0 aliphatic carbocycles. The first kappa shape index (κ1) is 65.6. The van der Waals surface area contributed by atoms with Gasteiger partial charge in [-0.25, -0.2) is 9.13 Å². The van der Waals surface area contributed by atoms with Crippen LogP contribution in [0.4, 0.5) is 0 Å². The third kappa shape index (κ3) is 16.4. The van der Waals surface area contributed by atoms with E-state index in [2.05, 4.69) is 10.2 Å². The maximum absolute atomic E-state index is 14.5. The number of fused-ring (bicyclic) bond motifs is 3. The van der Waals surface area contributed by atoms with E-state index < -0.39 is 113 Å². The van der Waals surface area contributed by atoms with Gasteiger partial charge in [-0.05, 0) is 73.9 Å². The number of pyridine rings is 2. The number of aromatic nitrogens is 2. The number of ether oxygens (including phenoxy) is 6. The Kier molecular flexibility index (Phi) is 20.8. The number of benzene rings is 6. The average Bonchev–Trinajstić information content (AvgIpc) is 1.64. The molecule has 5 heterocycles. The highest BCUT2D eigenvalue weighted by Gasteiger charge is 2.60. The van der Waals surface area contributed by atoms with Gasteiger partial charge in [0.15, 0.2) is 42.8 Å². The van der Waals surface area contributed by atoms with E-state index in [0.717, 1.165) is 21.9 Å². The van der Waals surface area contributed by atoms with Gasteiger partial charge in [-0.15, -0.1) is 0 Å². The zero-order valence-corrected chi connectivity index (χ0v) is 51.7. The number of hydrogen-bond acceptors (Lipinski definition) is 18. The van der Waals surface area contributed by atoms with E-state index in [0.29, 0.717) is 16.5 Å². The van der Waals surface area contributed by atoms with E-state index in [4.69, 9.17) is 58.0 Å². The van der Waals surface area contributed by atoms with Gasteiger partial charge in [-0.3, -0.25) is 28.2 Å². The van der Waals surface area contributed by atoms with Gasteiger partial charge in [0.1, 0.15) is 72.3 Å². The van der Waals surface area contributed by atoms with Gasteiger partial charge in [-0.1, -0.05) is 133 Å². The van der Waals surface area contributed by atoms with Crippen LogP contribution in [0.5, 0.6) is 11.5 Å². The number of hydrogen-bond donors (Lipinski definition) is 6. The van der Waals surface area contributed by atoms with Crippen LogP contribution in [-0.2, 0) is 69.4 Å². The lowest BCUT2D eigenvalue weighted by Crippen LogP contribution is -2.46. The molecule has 11 rings (SSSR count). The number of nitrogens with zero attached hydrogens (tertiary/aromatic N) is 2. The van der Waals surface area contributed by atoms with E-state index >= 15 is 0 Å². The number of nitrogens with one attached hydrogen (secondary N) is 2. The summed E-state index contributed by atoms with van der Waals surface area (Å²) in [5.41, 5.74) is 12.9. The van der Waals surface area contributed by atoms with Crippen molar-refractivity contribution in [3.63, 3.8) is 0 Å². The zero-order chi connectivity index (χ0) is 64.5. The van der Waals surface area contributed by atoms with Gasteiger partial charge in [0.25, 0.3) is 24.3 Å². The number of primary amides is 2. The SMILES string of the molecule is CC(NP(=O)(OCC1O[C@@H]([n+]2cccc(C(N)=O)c2)[C@@H]2OC(C)(C)O[C@H]12)Oc1cccc2ccccc12)C(=O)OCc1ccccc1.CC(NP(=O)(OCC1O[C@@H]([n+]2cccc(C(N)=O)c2)[C@H](O)[C@@H]1O)Oc1cccc2ccccc12)C(=O)OCc1ccccc1. The summed E-state index contributed by atoms with van der Waals surface area (Å²) in [6.07, 6.45) is -1.63. The number of amides is 2. The van der Waals surface area contributed by atoms with Crippen molar-refractivity contribution in [2.75, 3.05) is 13.2 Å². The molecule has 476 valence electrons. The van der Waals surface area contributed by atoms with Gasteiger partial charge in [0, 0.05) is 22.9 Å². The lowest BCUT2D eigenvalue weighted by atomic mass is 10.1. The summed E-state index contributed by atoms with van der Waals surface area (Å²) >= 11 is 0. The molecule has 0 spiro atoms. The summed E-state index contributed by atoms with van der Waals surface area (Å²) in [6, 6.07) is 47.8. The smallest absolute Gasteiger partial charge is 0.459 e. The average molecular weight is 1290 g/mol. The number of carbonyl (C=O) groups excluding carboxylic acids is 4. The quantitative estimate of drug-likeness (QED) is 0.0196. The molecule has 12 atom stereocenters. The van der Waals surface area contributed by atoms with E-state index in [1.807, 2.05) is 97.1 Å². The second kappa shape index (κ2) is 28.9. The summed E-state index contributed by atoms with van der Waals surface area (Å²) < 4.78 is 91.0. The Labute approximate surface area is 524 Å². The minimum atomic E-state index is -4.35. The first-order chi connectivity index (χ1) is 43.6. The Morgan fingerprint density at radius 1 is 0.538 bits per heavy atom. The molecule has 0 saturated carbocycles. The molecule has 3 aliphatic rings. The van der Waals surface area contributed by atoms with Crippen LogP contribution in [0.15, 0.2) is 195 Å². The fraction of sp³-hybridized carbons (Fsp3) is 0.292. The molecule has 6 unspecified atom stereocenters. The van der Waals surface area contributed by atoms with Crippen LogP contribution >= 0.6 is 15.5 Å². The van der Waals surface area contributed by atoms with E-state index in [1.165, 1.54) is 36.9 Å². The Hall–Kier alpha value is -8.32. The second-order valence-corrected chi connectivity index (χ2v) is 25.5. The van der Waals surface area contributed by atoms with Crippen LogP contribution in [0, 0.1) is 0 Å². The molecule has 8 aromatic rings. The Bertz CT molecular complexity index is 3970. The van der Waals surface area contributed by atoms with Crippen LogP contribution in [0.2, 0.25) is 0 Å². The fourth-order valence-electron chi connectivity index (χ4n) is 10.4. The largest absolute Gasteiger partial charge is 0.460 e. The first-order valence-corrected chi connectivity index (χ1v) is 32.2. The van der Waals surface area contributed by atoms with Gasteiger partial charge in [0.05, 0.1) is 13.2 Å². The second-order valence-electron chi connectivity index (χ2n) is 22.1. The molecule has 3 fully saturated rings. The minimum absolute atomic E-state index is 0.0109. The lowest BCUT2D eigenvalue weighted by molar-refractivity contribution is -0.766. The molecular formula is C65H70N6O18P2+2. The number of esters is 2. The molecule has 3 saturated heterocycles. The van der Waals surface area contributed by atoms with E-state index in [9.17, 15) is 38.5 Å². The monoisotopic (exact) mass is 1280 g/mol. The van der Waals surface area contributed by atoms with Crippen LogP contribution in [0.25, 0.3) is 21.5 Å². The fourth-order valence-corrected chi connectivity index (χ4v) is 13.4. The first-order valence-electron chi connectivity index (χ1n) is 29.1. The molecule has 26 heteroatoms. The molecule has 8 N–H and O–H groups in total. The highest BCUT2D eigenvalue weighted by atomic mass is 31.2. The predicted octanol–water partition coefficient (Wildman–Crippen LogP) is 7.34. The highest BCUT2D eigenvalue weighted by Crippen LogP contribution is 2.50. The van der Waals surface area contributed by atoms with Crippen molar-refractivity contribution in [1.82, 2.24) is 10.2 Å². The topological polar surface area (TPSA) is 319 Å². The van der Waals surface area contributed by atoms with Crippen molar-refractivity contribution in [3.8, 4) is 11.5 Å². The molecule has 3 aliphatic heterocycles. The van der Waals surface area contributed by atoms with Gasteiger partial charge in [0.2, 0.25) is 0 Å². The Morgan fingerprint density at radius 2 is 0.956 bits per heavy atom. The van der Waals surface area contributed by atoms with E-state index in [-0.39, 0.29) is 36.7 Å². The molecule has 2 amide bonds. The van der Waals surface area contributed by atoms with Gasteiger partial charge < -0.3 is 59.1 Å². The summed E-state index contributed by atoms with van der Waals surface area (Å²) in [5, 5.41) is 29.9. The van der Waals surface area contributed by atoms with Crippen LogP contribution < -0.4 is 39.8 Å². The highest BCUT2D eigenvalue weighted by molar-refractivity contribution is 7.52. The predicted molar refractivity (Wildman–Crippen MR) is 328 cm³/mol. The Balaban J connectivity index is 0.000000200. The standard InChI is InChI=1S/C34H36N3O9P.C31H32N3O9P/c1-22(33(39)41-20-23-11-5-4-6-12-23)36-47(40,46-27-17-9-14-24-13-7-8-16-26(24)27)42-21-28-29-30(45-34(2,3)44-29)32(43-28)37-18-10-15-25(19-37)31(35)38;1-20(31(38)40-18-21-9-3-2-4-10-21)33-44(39,43-25-15-7-12-22-11-5-6-14-24(22)25)41-19-26-27(35)28(36)30(42-26)34-16-8-13-23(17-34)29(32)37/h4-19,22,28-30,32H,20-21H2,1-3H3,(H2-,35,36,38,40);2-17,20,26-28,30,35-36H,18-19H2,1H3,(H2-,32,33,37,39)/p+2/t22?,28?,29-,30-,32-,47?;20?,26?,27-,28-,30-,44?/m11/s1. The molecule has 0 radical (unpaired) electrons. The lowest BCUT2D eigenvalue weighted by Gasteiger charge is -2.26. The van der Waals surface area contributed by atoms with Gasteiger partial charge in [-0.2, -0.15) is 19.3 Å². The minimum Gasteiger partial charge on any atom is -0.460 e. The maximum atomic E-state index is 14.5. The van der Waals surface area contributed by atoms with Crippen molar-refractivity contribution < 1.29 is 94.2 Å².